The van der Waals surface area contributed by atoms with Crippen molar-refractivity contribution in [3.8, 4) is 6.07 Å². The lowest BCUT2D eigenvalue weighted by molar-refractivity contribution is 0.129. The summed E-state index contributed by atoms with van der Waals surface area (Å²) in [6.45, 7) is 0. The van der Waals surface area contributed by atoms with E-state index in [1.165, 1.54) is 38.5 Å². The number of nitriles is 1. The van der Waals surface area contributed by atoms with Crippen molar-refractivity contribution < 1.29 is 0 Å². The molecule has 0 N–H and O–H groups in total. The molecule has 0 spiro atoms. The van der Waals surface area contributed by atoms with Crippen molar-refractivity contribution in [3.05, 3.63) is 11.6 Å². The zero-order chi connectivity index (χ0) is 11.4. The Hall–Kier alpha value is -0.810. The molecular formula is C14H22N2. The van der Waals surface area contributed by atoms with Crippen molar-refractivity contribution in [3.63, 3.8) is 0 Å². The van der Waals surface area contributed by atoms with Crippen LogP contribution < -0.4 is 0 Å². The fourth-order valence-electron chi connectivity index (χ4n) is 3.08. The maximum atomic E-state index is 8.83. The normalized spacial score (nSPS) is 27.6. The molecular weight excluding hydrogens is 196 g/mol. The first kappa shape index (κ1) is 11.7. The van der Waals surface area contributed by atoms with E-state index >= 15 is 0 Å². The molecule has 1 saturated carbocycles. The Bertz CT molecular complexity index is 294. The van der Waals surface area contributed by atoms with E-state index in [1.54, 1.807) is 0 Å². The van der Waals surface area contributed by atoms with Gasteiger partial charge in [0, 0.05) is 17.7 Å². The summed E-state index contributed by atoms with van der Waals surface area (Å²) in [5.41, 5.74) is 0.994. The summed E-state index contributed by atoms with van der Waals surface area (Å²) < 4.78 is 0. The van der Waals surface area contributed by atoms with Crippen LogP contribution in [0.4, 0.5) is 0 Å². The van der Waals surface area contributed by atoms with Crippen molar-refractivity contribution in [2.75, 3.05) is 7.05 Å². The monoisotopic (exact) mass is 218 g/mol. The van der Waals surface area contributed by atoms with Crippen LogP contribution >= 0.6 is 0 Å². The van der Waals surface area contributed by atoms with Crippen molar-refractivity contribution >= 4 is 0 Å². The third-order valence-electron chi connectivity index (χ3n) is 4.25. The van der Waals surface area contributed by atoms with E-state index in [1.807, 2.05) is 0 Å². The number of nitrogens with zero attached hydrogens (tertiary/aromatic N) is 2. The van der Waals surface area contributed by atoms with E-state index in [0.717, 1.165) is 24.5 Å². The second-order valence-electron chi connectivity index (χ2n) is 5.23. The van der Waals surface area contributed by atoms with Gasteiger partial charge in [0.05, 0.1) is 6.07 Å². The molecule has 0 radical (unpaired) electrons. The van der Waals surface area contributed by atoms with Gasteiger partial charge in [0.1, 0.15) is 0 Å². The largest absolute Gasteiger partial charge is 0.300 e. The van der Waals surface area contributed by atoms with Gasteiger partial charge in [-0.1, -0.05) is 25.3 Å². The molecule has 0 aromatic rings. The third-order valence-corrected chi connectivity index (χ3v) is 4.25. The number of rotatable bonds is 2. The second kappa shape index (κ2) is 5.50. The van der Waals surface area contributed by atoms with Crippen LogP contribution in [0.5, 0.6) is 0 Å². The Morgan fingerprint density at radius 2 is 1.94 bits per heavy atom. The van der Waals surface area contributed by atoms with E-state index < -0.39 is 0 Å². The SMILES string of the molecule is CN(C1CC=C(C#N)CC1)C1CCCCC1. The van der Waals surface area contributed by atoms with Crippen LogP contribution in [0.2, 0.25) is 0 Å². The van der Waals surface area contributed by atoms with Crippen molar-refractivity contribution in [2.24, 2.45) is 0 Å². The van der Waals surface area contributed by atoms with Gasteiger partial charge in [-0.2, -0.15) is 5.26 Å². The second-order valence-corrected chi connectivity index (χ2v) is 5.23. The lowest BCUT2D eigenvalue weighted by Crippen LogP contribution is -2.41. The van der Waals surface area contributed by atoms with Crippen molar-refractivity contribution in [2.45, 2.75) is 63.5 Å². The highest BCUT2D eigenvalue weighted by Gasteiger charge is 2.25. The van der Waals surface area contributed by atoms with Crippen LogP contribution in [0.1, 0.15) is 51.4 Å². The van der Waals surface area contributed by atoms with Crippen LogP contribution in [-0.2, 0) is 0 Å². The summed E-state index contributed by atoms with van der Waals surface area (Å²) in [4.78, 5) is 2.59. The molecule has 1 unspecified atom stereocenters. The molecule has 0 bridgehead atoms. The maximum Gasteiger partial charge on any atom is 0.0943 e. The zero-order valence-electron chi connectivity index (χ0n) is 10.3. The highest BCUT2D eigenvalue weighted by Crippen LogP contribution is 2.28. The van der Waals surface area contributed by atoms with Gasteiger partial charge in [0.25, 0.3) is 0 Å². The molecule has 2 aliphatic rings. The molecule has 16 heavy (non-hydrogen) atoms. The minimum Gasteiger partial charge on any atom is -0.300 e. The average molecular weight is 218 g/mol. The fraction of sp³-hybridized carbons (Fsp3) is 0.786. The molecule has 1 atom stereocenters. The van der Waals surface area contributed by atoms with E-state index in [-0.39, 0.29) is 0 Å². The zero-order valence-corrected chi connectivity index (χ0v) is 10.3. The Labute approximate surface area is 98.9 Å². The molecule has 2 aliphatic carbocycles. The standard InChI is InChI=1S/C14H22N2/c1-16(13-5-3-2-4-6-13)14-9-7-12(11-15)8-10-14/h7,13-14H,2-6,8-10H2,1H3. The van der Waals surface area contributed by atoms with E-state index in [4.69, 9.17) is 5.26 Å². The van der Waals surface area contributed by atoms with Crippen LogP contribution in [0.3, 0.4) is 0 Å². The fourth-order valence-corrected chi connectivity index (χ4v) is 3.08. The van der Waals surface area contributed by atoms with Gasteiger partial charge in [-0.05, 0) is 39.2 Å². The van der Waals surface area contributed by atoms with Crippen LogP contribution in [0, 0.1) is 11.3 Å². The van der Waals surface area contributed by atoms with E-state index in [0.29, 0.717) is 6.04 Å². The Morgan fingerprint density at radius 3 is 2.50 bits per heavy atom. The summed E-state index contributed by atoms with van der Waals surface area (Å²) in [5, 5.41) is 8.83. The molecule has 0 amide bonds. The maximum absolute atomic E-state index is 8.83. The molecule has 0 saturated heterocycles. The summed E-state index contributed by atoms with van der Waals surface area (Å²) in [7, 11) is 2.28. The van der Waals surface area contributed by atoms with Crippen molar-refractivity contribution in [1.29, 1.82) is 5.26 Å². The summed E-state index contributed by atoms with van der Waals surface area (Å²) in [5.74, 6) is 0. The molecule has 0 heterocycles. The third kappa shape index (κ3) is 2.65. The van der Waals surface area contributed by atoms with E-state index in [9.17, 15) is 0 Å². The predicted molar refractivity (Wildman–Crippen MR) is 66.0 cm³/mol. The number of allylic oxidation sites excluding steroid dienone is 1. The predicted octanol–water partition coefficient (Wildman–Crippen LogP) is 3.25. The highest BCUT2D eigenvalue weighted by atomic mass is 15.2. The van der Waals surface area contributed by atoms with Crippen LogP contribution in [-0.4, -0.2) is 24.0 Å². The first-order valence-corrected chi connectivity index (χ1v) is 6.62. The molecule has 0 aliphatic heterocycles. The van der Waals surface area contributed by atoms with Gasteiger partial charge in [-0.3, -0.25) is 0 Å². The Morgan fingerprint density at radius 1 is 1.19 bits per heavy atom. The molecule has 0 aromatic carbocycles. The summed E-state index contributed by atoms with van der Waals surface area (Å²) in [6.07, 6.45) is 12.4. The van der Waals surface area contributed by atoms with Crippen molar-refractivity contribution in [1.82, 2.24) is 4.90 Å². The first-order valence-electron chi connectivity index (χ1n) is 6.62. The van der Waals surface area contributed by atoms with Gasteiger partial charge in [-0.15, -0.1) is 0 Å². The number of hydrogen-bond donors (Lipinski definition) is 0. The smallest absolute Gasteiger partial charge is 0.0943 e. The first-order chi connectivity index (χ1) is 7.81. The van der Waals surface area contributed by atoms with Crippen LogP contribution in [0.15, 0.2) is 11.6 Å². The minimum atomic E-state index is 0.681. The Kier molecular flexibility index (Phi) is 4.01. The Balaban J connectivity index is 1.88. The average Bonchev–Trinajstić information content (AvgIpc) is 2.39. The molecule has 2 heteroatoms. The number of hydrogen-bond acceptors (Lipinski definition) is 2. The summed E-state index contributed by atoms with van der Waals surface area (Å²) >= 11 is 0. The lowest BCUT2D eigenvalue weighted by atomic mass is 9.90. The highest BCUT2D eigenvalue weighted by molar-refractivity contribution is 5.23. The van der Waals surface area contributed by atoms with Gasteiger partial charge in [0.15, 0.2) is 0 Å². The van der Waals surface area contributed by atoms with Crippen LogP contribution in [0.25, 0.3) is 0 Å². The topological polar surface area (TPSA) is 27.0 Å². The van der Waals surface area contributed by atoms with Gasteiger partial charge < -0.3 is 4.90 Å². The quantitative estimate of drug-likeness (QED) is 0.711. The lowest BCUT2D eigenvalue weighted by Gasteiger charge is -2.38. The van der Waals surface area contributed by atoms with Gasteiger partial charge in [0.2, 0.25) is 0 Å². The molecule has 2 rings (SSSR count). The molecule has 0 aromatic heterocycles. The molecule has 2 nitrogen and oxygen atoms in total. The minimum absolute atomic E-state index is 0.681. The molecule has 1 fully saturated rings. The summed E-state index contributed by atoms with van der Waals surface area (Å²) in [6, 6.07) is 3.77. The van der Waals surface area contributed by atoms with Gasteiger partial charge in [-0.25, -0.2) is 0 Å². The molecule has 88 valence electrons. The van der Waals surface area contributed by atoms with Gasteiger partial charge >= 0.3 is 0 Å². The van der Waals surface area contributed by atoms with E-state index in [2.05, 4.69) is 24.1 Å².